The first-order valence-electron chi connectivity index (χ1n) is 11.0. The van der Waals surface area contributed by atoms with Gasteiger partial charge < -0.3 is 19.7 Å². The quantitative estimate of drug-likeness (QED) is 0.323. The van der Waals surface area contributed by atoms with Crippen LogP contribution in [0.5, 0.6) is 5.75 Å². The summed E-state index contributed by atoms with van der Waals surface area (Å²) in [6.07, 6.45) is 1.59. The highest BCUT2D eigenvalue weighted by molar-refractivity contribution is 7.90. The van der Waals surface area contributed by atoms with E-state index in [0.717, 1.165) is 11.8 Å². The Morgan fingerprint density at radius 3 is 2.29 bits per heavy atom. The van der Waals surface area contributed by atoms with Crippen LogP contribution in [0.1, 0.15) is 40.9 Å². The van der Waals surface area contributed by atoms with E-state index < -0.39 is 20.5 Å². The molecule has 3 rings (SSSR count). The molecule has 1 N–H and O–H groups in total. The minimum atomic E-state index is -3.49. The van der Waals surface area contributed by atoms with E-state index in [1.54, 1.807) is 19.1 Å². The largest absolute Gasteiger partial charge is 0.627 e. The topological polar surface area (TPSA) is 104 Å². The molecular weight excluding hydrogens is 454 g/mol. The summed E-state index contributed by atoms with van der Waals surface area (Å²) >= 11 is 0. The van der Waals surface area contributed by atoms with Crippen LogP contribution < -0.4 is 9.38 Å². The summed E-state index contributed by atoms with van der Waals surface area (Å²) in [4.78, 5) is 11.6. The molecule has 0 aliphatic carbocycles. The van der Waals surface area contributed by atoms with Gasteiger partial charge in [0.25, 0.3) is 0 Å². The van der Waals surface area contributed by atoms with E-state index in [4.69, 9.17) is 4.74 Å². The molecule has 7 nitrogen and oxygen atoms in total. The van der Waals surface area contributed by atoms with Crippen LogP contribution in [0.2, 0.25) is 0 Å². The van der Waals surface area contributed by atoms with Gasteiger partial charge in [0.2, 0.25) is 0 Å². The fourth-order valence-corrected chi connectivity index (χ4v) is 4.45. The second kappa shape index (κ2) is 10.4. The van der Waals surface area contributed by atoms with E-state index in [1.165, 1.54) is 24.3 Å². The van der Waals surface area contributed by atoms with E-state index in [-0.39, 0.29) is 30.2 Å². The van der Waals surface area contributed by atoms with E-state index in [2.05, 4.69) is 0 Å². The average Bonchev–Trinajstić information content (AvgIpc) is 2.82. The second-order valence-corrected chi connectivity index (χ2v) is 10.2. The van der Waals surface area contributed by atoms with Crippen LogP contribution in [0.3, 0.4) is 0 Å². The Hall–Kier alpha value is -3.20. The molecule has 0 saturated carbocycles. The van der Waals surface area contributed by atoms with Gasteiger partial charge in [-0.05, 0) is 48.7 Å². The first-order chi connectivity index (χ1) is 16.1. The Morgan fingerprint density at radius 1 is 1.00 bits per heavy atom. The first-order valence-corrected chi connectivity index (χ1v) is 12.9. The van der Waals surface area contributed by atoms with Gasteiger partial charge in [0.15, 0.2) is 9.84 Å². The zero-order chi connectivity index (χ0) is 24.9. The van der Waals surface area contributed by atoms with Crippen molar-refractivity contribution in [3.63, 3.8) is 0 Å². The van der Waals surface area contributed by atoms with Gasteiger partial charge in [0, 0.05) is 18.4 Å². The van der Waals surface area contributed by atoms with E-state index in [9.17, 15) is 23.5 Å². The molecule has 3 aromatic carbocycles. The summed E-state index contributed by atoms with van der Waals surface area (Å²) in [5, 5.41) is 23.4. The van der Waals surface area contributed by atoms with Crippen molar-refractivity contribution in [1.29, 1.82) is 0 Å². The first kappa shape index (κ1) is 25.4. The molecule has 8 heteroatoms. The van der Waals surface area contributed by atoms with Gasteiger partial charge in [-0.15, -0.1) is 0 Å². The summed E-state index contributed by atoms with van der Waals surface area (Å²) in [6, 6.07) is 18.7. The number of aryl methyl sites for hydroxylation is 1. The molecule has 0 saturated heterocycles. The molecule has 0 aliphatic heterocycles. The number of carbonyl (C=O) groups is 1. The van der Waals surface area contributed by atoms with Crippen molar-refractivity contribution in [3.8, 4) is 5.75 Å². The monoisotopic (exact) mass is 483 g/mol. The second-order valence-electron chi connectivity index (χ2n) is 8.18. The molecule has 34 heavy (non-hydrogen) atoms. The molecule has 1 unspecified atom stereocenters. The Morgan fingerprint density at radius 2 is 1.71 bits per heavy atom. The minimum Gasteiger partial charge on any atom is -0.627 e. The summed E-state index contributed by atoms with van der Waals surface area (Å²) in [5.74, 6) is -0.609. The summed E-state index contributed by atoms with van der Waals surface area (Å²) in [6.45, 7) is 3.94. The third kappa shape index (κ3) is 5.83. The number of nitrogens with zero attached hydrogens (tertiary/aromatic N) is 1. The average molecular weight is 484 g/mol. The van der Waals surface area contributed by atoms with Crippen molar-refractivity contribution in [2.24, 2.45) is 0 Å². The normalized spacial score (nSPS) is 13.3. The molecule has 0 bridgehead atoms. The van der Waals surface area contributed by atoms with Gasteiger partial charge in [-0.2, -0.15) is 0 Å². The van der Waals surface area contributed by atoms with Crippen LogP contribution in [-0.2, 0) is 29.4 Å². The van der Waals surface area contributed by atoms with Crippen molar-refractivity contribution >= 4 is 21.5 Å². The van der Waals surface area contributed by atoms with Gasteiger partial charge in [-0.3, -0.25) is 0 Å². The molecule has 1 atom stereocenters. The number of hydroxylamine groups is 2. The SMILES string of the molecule is CCc1cc([N+]([O-])(CC)Cc2cc(S(C)(=O)=O)ccc2OCc2ccccc2)ccc1C(=O)O. The molecule has 0 aliphatic rings. The van der Waals surface area contributed by atoms with Crippen molar-refractivity contribution in [2.45, 2.75) is 38.3 Å². The van der Waals surface area contributed by atoms with E-state index in [0.29, 0.717) is 29.0 Å². The maximum Gasteiger partial charge on any atom is 0.335 e. The van der Waals surface area contributed by atoms with Crippen molar-refractivity contribution in [2.75, 3.05) is 12.8 Å². The van der Waals surface area contributed by atoms with Crippen molar-refractivity contribution in [1.82, 2.24) is 4.65 Å². The number of carboxylic acids is 1. The molecule has 180 valence electrons. The van der Waals surface area contributed by atoms with Gasteiger partial charge in [-0.25, -0.2) is 13.2 Å². The van der Waals surface area contributed by atoms with Crippen LogP contribution in [-0.4, -0.2) is 32.3 Å². The zero-order valence-corrected chi connectivity index (χ0v) is 20.3. The lowest BCUT2D eigenvalue weighted by atomic mass is 10.0. The number of rotatable bonds is 10. The maximum atomic E-state index is 14.0. The zero-order valence-electron chi connectivity index (χ0n) is 19.5. The summed E-state index contributed by atoms with van der Waals surface area (Å²) < 4.78 is 29.6. The van der Waals surface area contributed by atoms with Crippen molar-refractivity contribution < 1.29 is 23.1 Å². The minimum absolute atomic E-state index is 0.0699. The Balaban J connectivity index is 2.02. The standard InChI is InChI=1S/C26H29NO6S/c1-4-20-15-22(11-13-24(20)26(28)29)27(30,5-2)17-21-16-23(34(3,31)32)12-14-25(21)33-18-19-9-7-6-8-10-19/h6-16H,4-5,17-18H2,1-3H3,(H,28,29). The maximum absolute atomic E-state index is 14.0. The molecule has 0 aromatic heterocycles. The number of ether oxygens (including phenoxy) is 1. The number of benzene rings is 3. The molecule has 3 aromatic rings. The molecule has 0 amide bonds. The lowest BCUT2D eigenvalue weighted by Gasteiger charge is -2.42. The van der Waals surface area contributed by atoms with E-state index in [1.807, 2.05) is 37.3 Å². The number of quaternary nitrogens is 1. The lowest BCUT2D eigenvalue weighted by Crippen LogP contribution is -2.42. The third-order valence-electron chi connectivity index (χ3n) is 5.80. The van der Waals surface area contributed by atoms with Gasteiger partial charge in [-0.1, -0.05) is 37.3 Å². The molecule has 0 heterocycles. The van der Waals surface area contributed by atoms with Crippen LogP contribution in [0.25, 0.3) is 0 Å². The number of hydrogen-bond acceptors (Lipinski definition) is 5. The van der Waals surface area contributed by atoms with E-state index >= 15 is 0 Å². The molecule has 0 fully saturated rings. The molecular formula is C26H29NO6S. The highest BCUT2D eigenvalue weighted by Crippen LogP contribution is 2.32. The predicted molar refractivity (Wildman–Crippen MR) is 133 cm³/mol. The summed E-state index contributed by atoms with van der Waals surface area (Å²) in [5.41, 5.74) is 2.55. The lowest BCUT2D eigenvalue weighted by molar-refractivity contribution is 0.0695. The Labute approximate surface area is 200 Å². The highest BCUT2D eigenvalue weighted by Gasteiger charge is 2.25. The highest BCUT2D eigenvalue weighted by atomic mass is 32.2. The number of hydrogen-bond donors (Lipinski definition) is 1. The third-order valence-corrected chi connectivity index (χ3v) is 6.91. The Kier molecular flexibility index (Phi) is 7.76. The fourth-order valence-electron chi connectivity index (χ4n) is 3.78. The van der Waals surface area contributed by atoms with Gasteiger partial charge >= 0.3 is 5.97 Å². The van der Waals surface area contributed by atoms with Gasteiger partial charge in [0.1, 0.15) is 24.6 Å². The Bertz CT molecular complexity index is 1270. The molecule has 0 radical (unpaired) electrons. The van der Waals surface area contributed by atoms with Crippen molar-refractivity contribution in [3.05, 3.63) is 94.2 Å². The number of aromatic carboxylic acids is 1. The smallest absolute Gasteiger partial charge is 0.335 e. The molecule has 0 spiro atoms. The fraction of sp³-hybridized carbons (Fsp3) is 0.269. The van der Waals surface area contributed by atoms with Crippen LogP contribution in [0, 0.1) is 5.21 Å². The number of sulfone groups is 1. The van der Waals surface area contributed by atoms with Crippen LogP contribution >= 0.6 is 0 Å². The van der Waals surface area contributed by atoms with Crippen LogP contribution in [0.4, 0.5) is 5.69 Å². The number of carboxylic acid groups (broad SMARTS) is 1. The van der Waals surface area contributed by atoms with Gasteiger partial charge in [0.05, 0.1) is 22.6 Å². The van der Waals surface area contributed by atoms with Crippen LogP contribution in [0.15, 0.2) is 71.6 Å². The summed E-state index contributed by atoms with van der Waals surface area (Å²) in [7, 11) is -3.49. The predicted octanol–water partition coefficient (Wildman–Crippen LogP) is 4.95.